The van der Waals surface area contributed by atoms with Crippen LogP contribution in [0.2, 0.25) is 0 Å². The van der Waals surface area contributed by atoms with Gasteiger partial charge in [0.2, 0.25) is 5.91 Å². The average Bonchev–Trinajstić information content (AvgIpc) is 2.35. The van der Waals surface area contributed by atoms with Gasteiger partial charge in [-0.05, 0) is 25.7 Å². The number of alkyl halides is 1. The Morgan fingerprint density at radius 3 is 2.94 bits per heavy atom. The van der Waals surface area contributed by atoms with Crippen LogP contribution < -0.4 is 0 Å². The number of amides is 1. The molecule has 100 valence electrons. The number of halogens is 1. The molecule has 1 heterocycles. The summed E-state index contributed by atoms with van der Waals surface area (Å²) >= 11 is 5.76. The zero-order valence-corrected chi connectivity index (χ0v) is 11.2. The quantitative estimate of drug-likeness (QED) is 0.518. The molecule has 5 heteroatoms. The molecule has 1 unspecified atom stereocenters. The minimum Gasteiger partial charge on any atom is -0.382 e. The molecule has 0 bridgehead atoms. The van der Waals surface area contributed by atoms with Crippen molar-refractivity contribution in [2.75, 3.05) is 39.4 Å². The van der Waals surface area contributed by atoms with Gasteiger partial charge in [-0.15, -0.1) is 11.6 Å². The maximum Gasteiger partial charge on any atom is 0.248 e. The van der Waals surface area contributed by atoms with Gasteiger partial charge >= 0.3 is 0 Å². The fourth-order valence-corrected chi connectivity index (χ4v) is 2.39. The van der Waals surface area contributed by atoms with Gasteiger partial charge in [0, 0.05) is 25.6 Å². The van der Waals surface area contributed by atoms with Crippen LogP contribution in [0.25, 0.3) is 0 Å². The first-order valence-corrected chi connectivity index (χ1v) is 6.75. The third-order valence-electron chi connectivity index (χ3n) is 3.05. The first-order valence-electron chi connectivity index (χ1n) is 6.21. The molecule has 0 aliphatic carbocycles. The number of methoxy groups -OCH3 is 1. The Morgan fingerprint density at radius 2 is 2.24 bits per heavy atom. The van der Waals surface area contributed by atoms with E-state index in [9.17, 15) is 4.79 Å². The highest BCUT2D eigenvalue weighted by Crippen LogP contribution is 2.20. The highest BCUT2D eigenvalue weighted by atomic mass is 35.5. The van der Waals surface area contributed by atoms with Crippen LogP contribution in [0.4, 0.5) is 0 Å². The van der Waals surface area contributed by atoms with Crippen LogP contribution in [-0.4, -0.2) is 56.2 Å². The van der Waals surface area contributed by atoms with Crippen LogP contribution in [0.1, 0.15) is 25.7 Å². The van der Waals surface area contributed by atoms with Gasteiger partial charge in [0.25, 0.3) is 0 Å². The van der Waals surface area contributed by atoms with Crippen molar-refractivity contribution in [3.05, 3.63) is 0 Å². The highest BCUT2D eigenvalue weighted by molar-refractivity contribution is 6.17. The summed E-state index contributed by atoms with van der Waals surface area (Å²) < 4.78 is 10.1. The van der Waals surface area contributed by atoms with Crippen molar-refractivity contribution < 1.29 is 14.3 Å². The molecule has 0 N–H and O–H groups in total. The number of carbonyl (C=O) groups excluding carboxylic acids is 1. The molecule has 0 saturated carbocycles. The average molecular weight is 264 g/mol. The summed E-state index contributed by atoms with van der Waals surface area (Å²) in [7, 11) is 1.62. The number of rotatable bonds is 7. The minimum absolute atomic E-state index is 0.0796. The topological polar surface area (TPSA) is 38.8 Å². The number of piperidine rings is 1. The Morgan fingerprint density at radius 1 is 1.41 bits per heavy atom. The predicted molar refractivity (Wildman–Crippen MR) is 67.4 cm³/mol. The van der Waals surface area contributed by atoms with E-state index in [1.165, 1.54) is 6.42 Å². The first-order chi connectivity index (χ1) is 8.29. The van der Waals surface area contributed by atoms with Gasteiger partial charge in [0.15, 0.2) is 0 Å². The standard InChI is InChI=1S/C12H22ClNO3/c1-16-8-9-17-10-12(15)14-7-3-2-4-11(14)5-6-13/h11H,2-10H2,1H3. The van der Waals surface area contributed by atoms with Crippen molar-refractivity contribution in [2.45, 2.75) is 31.7 Å². The van der Waals surface area contributed by atoms with Gasteiger partial charge in [-0.1, -0.05) is 0 Å². The van der Waals surface area contributed by atoms with Crippen molar-refractivity contribution in [3.8, 4) is 0 Å². The van der Waals surface area contributed by atoms with Crippen molar-refractivity contribution in [2.24, 2.45) is 0 Å². The summed E-state index contributed by atoms with van der Waals surface area (Å²) in [6, 6.07) is 0.305. The Balaban J connectivity index is 2.31. The van der Waals surface area contributed by atoms with Gasteiger partial charge in [-0.2, -0.15) is 0 Å². The Kier molecular flexibility index (Phi) is 7.56. The van der Waals surface area contributed by atoms with Crippen LogP contribution in [0.3, 0.4) is 0 Å². The maximum absolute atomic E-state index is 12.0. The summed E-state index contributed by atoms with van der Waals surface area (Å²) in [5.74, 6) is 0.690. The van der Waals surface area contributed by atoms with Gasteiger partial charge in [-0.25, -0.2) is 0 Å². The van der Waals surface area contributed by atoms with Crippen molar-refractivity contribution in [3.63, 3.8) is 0 Å². The normalized spacial score (nSPS) is 20.6. The van der Waals surface area contributed by atoms with Crippen molar-refractivity contribution in [1.82, 2.24) is 4.90 Å². The lowest BCUT2D eigenvalue weighted by Crippen LogP contribution is -2.45. The van der Waals surface area contributed by atoms with Gasteiger partial charge in [0.05, 0.1) is 13.2 Å². The minimum atomic E-state index is 0.0796. The second-order valence-corrected chi connectivity index (χ2v) is 4.64. The molecule has 4 nitrogen and oxygen atoms in total. The number of ether oxygens (including phenoxy) is 2. The molecular weight excluding hydrogens is 242 g/mol. The zero-order chi connectivity index (χ0) is 12.5. The molecule has 1 atom stereocenters. The third-order valence-corrected chi connectivity index (χ3v) is 3.27. The lowest BCUT2D eigenvalue weighted by Gasteiger charge is -2.35. The largest absolute Gasteiger partial charge is 0.382 e. The molecule has 1 rings (SSSR count). The van der Waals surface area contributed by atoms with Crippen LogP contribution >= 0.6 is 11.6 Å². The van der Waals surface area contributed by atoms with E-state index in [2.05, 4.69) is 0 Å². The Bertz CT molecular complexity index is 224. The molecule has 1 amide bonds. The van der Waals surface area contributed by atoms with E-state index < -0.39 is 0 Å². The number of carbonyl (C=O) groups is 1. The number of hydrogen-bond donors (Lipinski definition) is 0. The molecule has 0 aromatic carbocycles. The predicted octanol–water partition coefficient (Wildman–Crippen LogP) is 1.66. The van der Waals surface area contributed by atoms with Crippen LogP contribution in [-0.2, 0) is 14.3 Å². The lowest BCUT2D eigenvalue weighted by molar-refractivity contribution is -0.140. The van der Waals surface area contributed by atoms with E-state index in [-0.39, 0.29) is 12.5 Å². The second-order valence-electron chi connectivity index (χ2n) is 4.26. The van der Waals surface area contributed by atoms with Crippen molar-refractivity contribution in [1.29, 1.82) is 0 Å². The number of likely N-dealkylation sites (tertiary alicyclic amines) is 1. The molecule has 0 aromatic heterocycles. The molecule has 1 saturated heterocycles. The second kappa shape index (κ2) is 8.72. The van der Waals surface area contributed by atoms with E-state index in [4.69, 9.17) is 21.1 Å². The first kappa shape index (κ1) is 14.7. The van der Waals surface area contributed by atoms with E-state index in [1.807, 2.05) is 4.90 Å². The van der Waals surface area contributed by atoms with Gasteiger partial charge in [-0.3, -0.25) is 4.79 Å². The molecular formula is C12H22ClNO3. The molecule has 0 aromatic rings. The third kappa shape index (κ3) is 5.23. The Hall–Kier alpha value is -0.320. The Labute approximate surface area is 108 Å². The van der Waals surface area contributed by atoms with E-state index >= 15 is 0 Å². The van der Waals surface area contributed by atoms with E-state index in [1.54, 1.807) is 7.11 Å². The zero-order valence-electron chi connectivity index (χ0n) is 10.5. The lowest BCUT2D eigenvalue weighted by atomic mass is 10.00. The number of nitrogens with zero attached hydrogens (tertiary/aromatic N) is 1. The van der Waals surface area contributed by atoms with Crippen LogP contribution in [0.15, 0.2) is 0 Å². The van der Waals surface area contributed by atoms with Crippen LogP contribution in [0.5, 0.6) is 0 Å². The molecule has 0 radical (unpaired) electrons. The summed E-state index contributed by atoms with van der Waals surface area (Å²) in [4.78, 5) is 13.9. The summed E-state index contributed by atoms with van der Waals surface area (Å²) in [5.41, 5.74) is 0. The molecule has 1 fully saturated rings. The summed E-state index contributed by atoms with van der Waals surface area (Å²) in [5, 5.41) is 0. The van der Waals surface area contributed by atoms with Crippen molar-refractivity contribution >= 4 is 17.5 Å². The fourth-order valence-electron chi connectivity index (χ4n) is 2.14. The smallest absolute Gasteiger partial charge is 0.248 e. The highest BCUT2D eigenvalue weighted by Gasteiger charge is 2.25. The maximum atomic E-state index is 12.0. The van der Waals surface area contributed by atoms with Gasteiger partial charge in [0.1, 0.15) is 6.61 Å². The summed E-state index contributed by atoms with van der Waals surface area (Å²) in [6.45, 7) is 1.99. The number of hydrogen-bond acceptors (Lipinski definition) is 3. The van der Waals surface area contributed by atoms with Gasteiger partial charge < -0.3 is 14.4 Å². The van der Waals surface area contributed by atoms with Crippen LogP contribution in [0, 0.1) is 0 Å². The van der Waals surface area contributed by atoms with E-state index in [0.717, 1.165) is 25.8 Å². The summed E-state index contributed by atoms with van der Waals surface area (Å²) in [6.07, 6.45) is 4.22. The molecule has 0 spiro atoms. The molecule has 17 heavy (non-hydrogen) atoms. The fraction of sp³-hybridized carbons (Fsp3) is 0.917. The SMILES string of the molecule is COCCOCC(=O)N1CCCCC1CCCl. The van der Waals surface area contributed by atoms with E-state index in [0.29, 0.717) is 25.1 Å². The monoisotopic (exact) mass is 263 g/mol. The molecule has 1 aliphatic rings. The molecule has 1 aliphatic heterocycles.